The second kappa shape index (κ2) is 5.26. The van der Waals surface area contributed by atoms with Gasteiger partial charge in [0.2, 0.25) is 0 Å². The number of hydrogen-bond donors (Lipinski definition) is 0. The lowest BCUT2D eigenvalue weighted by Gasteiger charge is -2.35. The number of amidine groups is 2. The minimum atomic E-state index is 0.407. The smallest absolute Gasteiger partial charge is 0.176 e. The van der Waals surface area contributed by atoms with Crippen LogP contribution in [0.1, 0.15) is 0 Å². The van der Waals surface area contributed by atoms with E-state index < -0.39 is 0 Å². The van der Waals surface area contributed by atoms with Crippen LogP contribution in [0.15, 0.2) is 32.6 Å². The molecule has 3 aliphatic rings. The van der Waals surface area contributed by atoms with Gasteiger partial charge in [-0.25, -0.2) is 4.99 Å². The Balaban J connectivity index is 1.90. The molecule has 0 radical (unpaired) electrons. The normalized spacial score (nSPS) is 23.0. The Hall–Kier alpha value is -1.47. The summed E-state index contributed by atoms with van der Waals surface area (Å²) in [6.07, 6.45) is 4.44. The quantitative estimate of drug-likeness (QED) is 0.527. The van der Waals surface area contributed by atoms with Crippen LogP contribution >= 0.6 is 15.9 Å². The second-order valence-electron chi connectivity index (χ2n) is 4.36. The maximum absolute atomic E-state index is 10.8. The summed E-state index contributed by atoms with van der Waals surface area (Å²) < 4.78 is 6.07. The number of halogens is 1. The number of aldehydes is 1. The van der Waals surface area contributed by atoms with Crippen molar-refractivity contribution in [1.82, 2.24) is 9.80 Å². The Labute approximate surface area is 119 Å². The number of aliphatic imine (C=N–C) groups is 2. The molecule has 7 heteroatoms. The van der Waals surface area contributed by atoms with E-state index in [9.17, 15) is 4.79 Å². The molecular formula is C12H13BrN4O2. The molecular weight excluding hydrogens is 312 g/mol. The highest BCUT2D eigenvalue weighted by molar-refractivity contribution is 9.11. The van der Waals surface area contributed by atoms with Crippen molar-refractivity contribution in [3.05, 3.63) is 22.6 Å². The van der Waals surface area contributed by atoms with Crippen LogP contribution in [0.3, 0.4) is 0 Å². The molecule has 0 atom stereocenters. The zero-order chi connectivity index (χ0) is 13.2. The molecule has 3 aliphatic heterocycles. The van der Waals surface area contributed by atoms with Crippen molar-refractivity contribution >= 4 is 33.9 Å². The SMILES string of the molecule is O=CC1=CN2C=C(Br)N=C(N3CCOCC3)C2=NC1. The number of morpholine rings is 1. The third kappa shape index (κ3) is 2.48. The highest BCUT2D eigenvalue weighted by atomic mass is 79.9. The van der Waals surface area contributed by atoms with Crippen molar-refractivity contribution in [2.24, 2.45) is 9.98 Å². The van der Waals surface area contributed by atoms with Gasteiger partial charge in [-0.1, -0.05) is 0 Å². The Morgan fingerprint density at radius 2 is 2.05 bits per heavy atom. The first-order valence-corrected chi connectivity index (χ1v) is 6.85. The summed E-state index contributed by atoms with van der Waals surface area (Å²) in [5.74, 6) is 1.62. The average molecular weight is 325 g/mol. The zero-order valence-corrected chi connectivity index (χ0v) is 11.8. The molecule has 0 bridgehead atoms. The van der Waals surface area contributed by atoms with E-state index in [4.69, 9.17) is 4.74 Å². The molecule has 3 rings (SSSR count). The lowest BCUT2D eigenvalue weighted by Crippen LogP contribution is -2.49. The molecule has 1 fully saturated rings. The fraction of sp³-hybridized carbons (Fsp3) is 0.417. The third-order valence-corrected chi connectivity index (χ3v) is 3.46. The van der Waals surface area contributed by atoms with Gasteiger partial charge in [-0.3, -0.25) is 9.79 Å². The molecule has 0 saturated carbocycles. The number of carbonyl (C=O) groups excluding carboxylic acids is 1. The van der Waals surface area contributed by atoms with E-state index in [-0.39, 0.29) is 0 Å². The minimum absolute atomic E-state index is 0.407. The summed E-state index contributed by atoms with van der Waals surface area (Å²) in [6, 6.07) is 0. The minimum Gasteiger partial charge on any atom is -0.378 e. The molecule has 0 unspecified atom stereocenters. The molecule has 1 saturated heterocycles. The van der Waals surface area contributed by atoms with Crippen LogP contribution in [-0.4, -0.2) is 60.6 Å². The van der Waals surface area contributed by atoms with Gasteiger partial charge in [0.25, 0.3) is 0 Å². The number of nitrogens with zero attached hydrogens (tertiary/aromatic N) is 4. The van der Waals surface area contributed by atoms with E-state index in [0.29, 0.717) is 25.3 Å². The molecule has 19 heavy (non-hydrogen) atoms. The number of rotatable bonds is 1. The molecule has 0 spiro atoms. The van der Waals surface area contributed by atoms with Crippen molar-refractivity contribution in [2.75, 3.05) is 32.8 Å². The highest BCUT2D eigenvalue weighted by Gasteiger charge is 2.28. The van der Waals surface area contributed by atoms with Crippen LogP contribution in [0, 0.1) is 0 Å². The van der Waals surface area contributed by atoms with Crippen molar-refractivity contribution in [3.8, 4) is 0 Å². The summed E-state index contributed by atoms with van der Waals surface area (Å²) in [5.41, 5.74) is 0.656. The number of carbonyl (C=O) groups is 1. The molecule has 0 aliphatic carbocycles. The van der Waals surface area contributed by atoms with E-state index in [1.807, 2.05) is 11.1 Å². The summed E-state index contributed by atoms with van der Waals surface area (Å²) >= 11 is 3.40. The second-order valence-corrected chi connectivity index (χ2v) is 5.17. The van der Waals surface area contributed by atoms with Gasteiger partial charge in [0.1, 0.15) is 10.9 Å². The van der Waals surface area contributed by atoms with Crippen LogP contribution < -0.4 is 0 Å². The summed E-state index contributed by atoms with van der Waals surface area (Å²) in [6.45, 7) is 3.41. The standard InChI is InChI=1S/C12H13BrN4O2/c13-10-7-17-6-9(8-18)5-14-11(17)12(15-10)16-1-3-19-4-2-16/h6-8H,1-5H2. The zero-order valence-electron chi connectivity index (χ0n) is 10.3. The Morgan fingerprint density at radius 1 is 1.26 bits per heavy atom. The van der Waals surface area contributed by atoms with Gasteiger partial charge >= 0.3 is 0 Å². The summed E-state index contributed by atoms with van der Waals surface area (Å²) in [5, 5.41) is 0. The molecule has 0 aromatic rings. The Bertz CT molecular complexity index is 518. The van der Waals surface area contributed by atoms with Crippen LogP contribution in [0.2, 0.25) is 0 Å². The molecule has 3 heterocycles. The van der Waals surface area contributed by atoms with Crippen molar-refractivity contribution in [3.63, 3.8) is 0 Å². The van der Waals surface area contributed by atoms with Gasteiger partial charge in [0.15, 0.2) is 11.7 Å². The number of hydrogen-bond acceptors (Lipinski definition) is 6. The maximum Gasteiger partial charge on any atom is 0.176 e. The van der Waals surface area contributed by atoms with E-state index in [2.05, 4.69) is 30.8 Å². The lowest BCUT2D eigenvalue weighted by atomic mass is 10.2. The van der Waals surface area contributed by atoms with Gasteiger partial charge in [0, 0.05) is 31.1 Å². The van der Waals surface area contributed by atoms with E-state index in [0.717, 1.165) is 35.7 Å². The summed E-state index contributed by atoms with van der Waals surface area (Å²) in [4.78, 5) is 23.8. The molecule has 0 aromatic carbocycles. The first kappa shape index (κ1) is 12.6. The predicted octanol–water partition coefficient (Wildman–Crippen LogP) is 0.721. The third-order valence-electron chi connectivity index (χ3n) is 3.08. The van der Waals surface area contributed by atoms with Crippen molar-refractivity contribution < 1.29 is 9.53 Å². The fourth-order valence-electron chi connectivity index (χ4n) is 2.16. The number of ether oxygens (including phenoxy) is 1. The van der Waals surface area contributed by atoms with E-state index >= 15 is 0 Å². The molecule has 0 aromatic heterocycles. The Kier molecular flexibility index (Phi) is 3.48. The largest absolute Gasteiger partial charge is 0.378 e. The van der Waals surface area contributed by atoms with E-state index in [1.165, 1.54) is 0 Å². The summed E-state index contributed by atoms with van der Waals surface area (Å²) in [7, 11) is 0. The highest BCUT2D eigenvalue weighted by Crippen LogP contribution is 2.21. The van der Waals surface area contributed by atoms with Gasteiger partial charge in [-0.2, -0.15) is 0 Å². The molecule has 6 nitrogen and oxygen atoms in total. The Morgan fingerprint density at radius 3 is 2.79 bits per heavy atom. The first-order valence-electron chi connectivity index (χ1n) is 6.05. The monoisotopic (exact) mass is 324 g/mol. The van der Waals surface area contributed by atoms with Crippen molar-refractivity contribution in [2.45, 2.75) is 0 Å². The topological polar surface area (TPSA) is 57.5 Å². The molecule has 100 valence electrons. The van der Waals surface area contributed by atoms with Gasteiger partial charge < -0.3 is 14.5 Å². The number of fused-ring (bicyclic) bond motifs is 1. The first-order chi connectivity index (χ1) is 9.28. The van der Waals surface area contributed by atoms with Gasteiger partial charge in [0.05, 0.1) is 19.8 Å². The van der Waals surface area contributed by atoms with E-state index in [1.54, 1.807) is 6.20 Å². The van der Waals surface area contributed by atoms with Crippen LogP contribution in [0.4, 0.5) is 0 Å². The van der Waals surface area contributed by atoms with Crippen molar-refractivity contribution in [1.29, 1.82) is 0 Å². The van der Waals surface area contributed by atoms with Crippen LogP contribution in [-0.2, 0) is 9.53 Å². The molecule has 0 N–H and O–H groups in total. The van der Waals surface area contributed by atoms with Gasteiger partial charge in [-0.15, -0.1) is 0 Å². The maximum atomic E-state index is 10.8. The van der Waals surface area contributed by atoms with Gasteiger partial charge in [-0.05, 0) is 15.9 Å². The van der Waals surface area contributed by atoms with Crippen LogP contribution in [0.25, 0.3) is 0 Å². The fourth-order valence-corrected chi connectivity index (χ4v) is 2.55. The average Bonchev–Trinajstić information content (AvgIpc) is 2.46. The lowest BCUT2D eigenvalue weighted by molar-refractivity contribution is -0.105. The predicted molar refractivity (Wildman–Crippen MR) is 75.1 cm³/mol. The van der Waals surface area contributed by atoms with Crippen LogP contribution in [0.5, 0.6) is 0 Å². The molecule has 0 amide bonds.